The number of carbonyl (C=O) groups is 1. The summed E-state index contributed by atoms with van der Waals surface area (Å²) in [7, 11) is 0. The summed E-state index contributed by atoms with van der Waals surface area (Å²) in [6.07, 6.45) is 1.81. The van der Waals surface area contributed by atoms with Gasteiger partial charge >= 0.3 is 0 Å². The number of nitrogens with one attached hydrogen (secondary N) is 1. The molecule has 1 aliphatic heterocycles. The fourth-order valence-corrected chi connectivity index (χ4v) is 2.78. The first-order valence-corrected chi connectivity index (χ1v) is 8.29. The monoisotopic (exact) mass is 345 g/mol. The molecule has 3 rings (SSSR count). The van der Waals surface area contributed by atoms with Crippen molar-refractivity contribution in [1.82, 2.24) is 10.3 Å². The first-order valence-electron chi connectivity index (χ1n) is 7.91. The van der Waals surface area contributed by atoms with Gasteiger partial charge in [0.15, 0.2) is 0 Å². The molecule has 1 aliphatic rings. The van der Waals surface area contributed by atoms with Gasteiger partial charge in [-0.25, -0.2) is 4.98 Å². The van der Waals surface area contributed by atoms with Gasteiger partial charge in [-0.2, -0.15) is 0 Å². The molecule has 0 aliphatic carbocycles. The third-order valence-corrected chi connectivity index (χ3v) is 4.21. The lowest BCUT2D eigenvalue weighted by Crippen LogP contribution is -2.54. The summed E-state index contributed by atoms with van der Waals surface area (Å²) in [6.45, 7) is 5.09. The van der Waals surface area contributed by atoms with E-state index in [1.165, 1.54) is 6.92 Å². The third-order valence-electron chi connectivity index (χ3n) is 3.99. The number of nitrogens with zero attached hydrogens (tertiary/aromatic N) is 2. The van der Waals surface area contributed by atoms with Gasteiger partial charge in [-0.1, -0.05) is 23.7 Å². The number of anilines is 1. The molecule has 2 heterocycles. The average molecular weight is 346 g/mol. The fraction of sp³-hybridized carbons (Fsp3) is 0.333. The Hall–Kier alpha value is -2.27. The molecule has 0 radical (unpaired) electrons. The molecule has 0 unspecified atom stereocenters. The van der Waals surface area contributed by atoms with Gasteiger partial charge in [-0.3, -0.25) is 4.79 Å². The zero-order chi connectivity index (χ0) is 17.1. The van der Waals surface area contributed by atoms with E-state index in [1.807, 2.05) is 43.3 Å². The highest BCUT2D eigenvalue weighted by atomic mass is 35.5. The number of hydrogen-bond acceptors (Lipinski definition) is 4. The number of aromatic nitrogens is 1. The highest BCUT2D eigenvalue weighted by Crippen LogP contribution is 2.24. The molecule has 6 heteroatoms. The summed E-state index contributed by atoms with van der Waals surface area (Å²) in [5.41, 5.74) is 1.05. The predicted octanol–water partition coefficient (Wildman–Crippen LogP) is 3.20. The van der Waals surface area contributed by atoms with Crippen LogP contribution in [-0.2, 0) is 4.79 Å². The van der Waals surface area contributed by atoms with E-state index < -0.39 is 0 Å². The molecule has 1 N–H and O–H groups in total. The van der Waals surface area contributed by atoms with Crippen molar-refractivity contribution in [3.05, 3.63) is 53.2 Å². The molecular weight excluding hydrogens is 326 g/mol. The molecule has 0 bridgehead atoms. The van der Waals surface area contributed by atoms with E-state index in [1.54, 1.807) is 6.20 Å². The quantitative estimate of drug-likeness (QED) is 0.904. The molecule has 1 aromatic heterocycles. The highest BCUT2D eigenvalue weighted by molar-refractivity contribution is 6.30. The number of amides is 1. The average Bonchev–Trinajstić information content (AvgIpc) is 2.51. The van der Waals surface area contributed by atoms with E-state index in [-0.39, 0.29) is 18.1 Å². The van der Waals surface area contributed by atoms with Crippen molar-refractivity contribution in [2.45, 2.75) is 26.0 Å². The van der Waals surface area contributed by atoms with Crippen molar-refractivity contribution in [1.29, 1.82) is 0 Å². The SMILES string of the molecule is CC(=O)N[C@@H](C)c1ccc(OC2CN(c3ccc(Cl)cn3)C2)cc1. The van der Waals surface area contributed by atoms with Crippen LogP contribution in [0.5, 0.6) is 5.75 Å². The minimum absolute atomic E-state index is 0.00766. The predicted molar refractivity (Wildman–Crippen MR) is 94.5 cm³/mol. The molecule has 5 nitrogen and oxygen atoms in total. The van der Waals surface area contributed by atoms with Crippen molar-refractivity contribution < 1.29 is 9.53 Å². The Morgan fingerprint density at radius 3 is 2.58 bits per heavy atom. The van der Waals surface area contributed by atoms with Crippen LogP contribution in [0, 0.1) is 0 Å². The second-order valence-corrected chi connectivity index (χ2v) is 6.41. The molecule has 24 heavy (non-hydrogen) atoms. The van der Waals surface area contributed by atoms with Crippen LogP contribution in [0.1, 0.15) is 25.5 Å². The van der Waals surface area contributed by atoms with Crippen molar-refractivity contribution >= 4 is 23.3 Å². The number of rotatable bonds is 5. The fourth-order valence-electron chi connectivity index (χ4n) is 2.67. The van der Waals surface area contributed by atoms with E-state index in [0.29, 0.717) is 5.02 Å². The van der Waals surface area contributed by atoms with Gasteiger partial charge < -0.3 is 15.0 Å². The standard InChI is InChI=1S/C18H20ClN3O2/c1-12(21-13(2)23)14-3-6-16(7-4-14)24-17-10-22(11-17)18-8-5-15(19)9-20-18/h3-9,12,17H,10-11H2,1-2H3,(H,21,23)/t12-/m0/s1. The minimum atomic E-state index is -0.0341. The Bertz CT molecular complexity index is 697. The summed E-state index contributed by atoms with van der Waals surface area (Å²) in [5.74, 6) is 1.72. The number of pyridine rings is 1. The molecule has 0 spiro atoms. The van der Waals surface area contributed by atoms with E-state index in [0.717, 1.165) is 30.2 Å². The second kappa shape index (κ2) is 7.09. The second-order valence-electron chi connectivity index (χ2n) is 5.97. The van der Waals surface area contributed by atoms with Gasteiger partial charge in [0, 0.05) is 13.1 Å². The van der Waals surface area contributed by atoms with Gasteiger partial charge in [0.25, 0.3) is 0 Å². The van der Waals surface area contributed by atoms with Crippen LogP contribution in [0.3, 0.4) is 0 Å². The van der Waals surface area contributed by atoms with E-state index in [4.69, 9.17) is 16.3 Å². The Morgan fingerprint density at radius 2 is 2.00 bits per heavy atom. The van der Waals surface area contributed by atoms with Crippen molar-refractivity contribution in [3.63, 3.8) is 0 Å². The van der Waals surface area contributed by atoms with Crippen LogP contribution >= 0.6 is 11.6 Å². The zero-order valence-electron chi connectivity index (χ0n) is 13.7. The Balaban J connectivity index is 1.51. The lowest BCUT2D eigenvalue weighted by molar-refractivity contribution is -0.119. The van der Waals surface area contributed by atoms with Gasteiger partial charge in [-0.05, 0) is 36.8 Å². The van der Waals surface area contributed by atoms with Gasteiger partial charge in [-0.15, -0.1) is 0 Å². The van der Waals surface area contributed by atoms with Gasteiger partial charge in [0.05, 0.1) is 24.2 Å². The molecule has 1 amide bonds. The first kappa shape index (κ1) is 16.6. The lowest BCUT2D eigenvalue weighted by atomic mass is 10.1. The van der Waals surface area contributed by atoms with Crippen molar-refractivity contribution in [2.75, 3.05) is 18.0 Å². The molecular formula is C18H20ClN3O2. The number of carbonyl (C=O) groups excluding carboxylic acids is 1. The molecule has 1 fully saturated rings. The number of hydrogen-bond donors (Lipinski definition) is 1. The Labute approximate surface area is 146 Å². The maximum absolute atomic E-state index is 11.1. The van der Waals surface area contributed by atoms with Crippen molar-refractivity contribution in [3.8, 4) is 5.75 Å². The molecule has 1 atom stereocenters. The topological polar surface area (TPSA) is 54.5 Å². The minimum Gasteiger partial charge on any atom is -0.487 e. The smallest absolute Gasteiger partial charge is 0.217 e. The molecule has 1 aromatic carbocycles. The molecule has 126 valence electrons. The summed E-state index contributed by atoms with van der Waals surface area (Å²) >= 11 is 5.85. The maximum Gasteiger partial charge on any atom is 0.217 e. The van der Waals surface area contributed by atoms with Crippen LogP contribution < -0.4 is 15.0 Å². The normalized spacial score (nSPS) is 15.5. The molecule has 2 aromatic rings. The Kier molecular flexibility index (Phi) is 4.90. The van der Waals surface area contributed by atoms with Gasteiger partial charge in [0.1, 0.15) is 17.7 Å². The number of benzene rings is 1. The van der Waals surface area contributed by atoms with E-state index in [2.05, 4.69) is 15.2 Å². The lowest BCUT2D eigenvalue weighted by Gasteiger charge is -2.39. The largest absolute Gasteiger partial charge is 0.487 e. The number of ether oxygens (including phenoxy) is 1. The van der Waals surface area contributed by atoms with Gasteiger partial charge in [0.2, 0.25) is 5.91 Å². The molecule has 0 saturated carbocycles. The molecule has 1 saturated heterocycles. The highest BCUT2D eigenvalue weighted by Gasteiger charge is 2.29. The van der Waals surface area contributed by atoms with Crippen LogP contribution in [0.4, 0.5) is 5.82 Å². The maximum atomic E-state index is 11.1. The number of halogens is 1. The summed E-state index contributed by atoms with van der Waals surface area (Å²) in [6, 6.07) is 11.6. The zero-order valence-corrected chi connectivity index (χ0v) is 14.5. The summed E-state index contributed by atoms with van der Waals surface area (Å²) in [5, 5.41) is 3.51. The summed E-state index contributed by atoms with van der Waals surface area (Å²) < 4.78 is 5.96. The Morgan fingerprint density at radius 1 is 1.29 bits per heavy atom. The van der Waals surface area contributed by atoms with Crippen molar-refractivity contribution in [2.24, 2.45) is 0 Å². The van der Waals surface area contributed by atoms with E-state index in [9.17, 15) is 4.79 Å². The van der Waals surface area contributed by atoms with Crippen LogP contribution in [0.25, 0.3) is 0 Å². The van der Waals surface area contributed by atoms with E-state index >= 15 is 0 Å². The summed E-state index contributed by atoms with van der Waals surface area (Å²) in [4.78, 5) is 17.5. The third kappa shape index (κ3) is 3.97. The van der Waals surface area contributed by atoms with Crippen LogP contribution in [0.15, 0.2) is 42.6 Å². The first-order chi connectivity index (χ1) is 11.5. The van der Waals surface area contributed by atoms with Crippen LogP contribution in [0.2, 0.25) is 5.02 Å². The van der Waals surface area contributed by atoms with Crippen LogP contribution in [-0.4, -0.2) is 30.1 Å².